The lowest BCUT2D eigenvalue weighted by molar-refractivity contribution is -0.121. The summed E-state index contributed by atoms with van der Waals surface area (Å²) in [7, 11) is 0. The van der Waals surface area contributed by atoms with Crippen molar-refractivity contribution in [3.05, 3.63) is 30.1 Å². The van der Waals surface area contributed by atoms with E-state index < -0.39 is 0 Å². The number of nitrogens with zero attached hydrogens (tertiary/aromatic N) is 1. The molecule has 0 aliphatic carbocycles. The van der Waals surface area contributed by atoms with Crippen LogP contribution in [0.25, 0.3) is 0 Å². The molecule has 108 valence electrons. The number of halogens is 2. The van der Waals surface area contributed by atoms with Crippen molar-refractivity contribution in [1.82, 2.24) is 5.32 Å². The van der Waals surface area contributed by atoms with Crippen molar-refractivity contribution in [1.29, 1.82) is 0 Å². The normalized spacial score (nSPS) is 18.4. The molecule has 1 atom stereocenters. The molecule has 0 saturated carbocycles. The summed E-state index contributed by atoms with van der Waals surface area (Å²) in [4.78, 5) is 25.1. The minimum absolute atomic E-state index is 0.0701. The molecular weight excluding hydrogens is 283 g/mol. The Balaban J connectivity index is 1.93. The van der Waals surface area contributed by atoms with Gasteiger partial charge in [-0.2, -0.15) is 0 Å². The van der Waals surface area contributed by atoms with E-state index in [-0.39, 0.29) is 30.1 Å². The van der Waals surface area contributed by atoms with Crippen LogP contribution < -0.4 is 10.2 Å². The van der Waals surface area contributed by atoms with Crippen molar-refractivity contribution in [2.75, 3.05) is 17.3 Å². The van der Waals surface area contributed by atoms with Crippen molar-refractivity contribution >= 4 is 29.1 Å². The Kier molecular flexibility index (Phi) is 4.95. The van der Waals surface area contributed by atoms with Gasteiger partial charge in [0, 0.05) is 31.0 Å². The minimum atomic E-state index is -0.341. The summed E-state index contributed by atoms with van der Waals surface area (Å²) in [6.45, 7) is 0.414. The number of hydrogen-bond acceptors (Lipinski definition) is 2. The van der Waals surface area contributed by atoms with E-state index in [1.807, 2.05) is 0 Å². The van der Waals surface area contributed by atoms with Gasteiger partial charge in [-0.1, -0.05) is 0 Å². The maximum absolute atomic E-state index is 12.9. The monoisotopic (exact) mass is 298 g/mol. The Morgan fingerprint density at radius 2 is 2.10 bits per heavy atom. The summed E-state index contributed by atoms with van der Waals surface area (Å²) in [6, 6.07) is 5.55. The number of anilines is 1. The number of rotatable bonds is 5. The van der Waals surface area contributed by atoms with Crippen LogP contribution in [-0.4, -0.2) is 30.3 Å². The fourth-order valence-corrected chi connectivity index (χ4v) is 2.34. The largest absolute Gasteiger partial charge is 0.351 e. The van der Waals surface area contributed by atoms with Gasteiger partial charge < -0.3 is 10.2 Å². The molecule has 0 unspecified atom stereocenters. The van der Waals surface area contributed by atoms with E-state index in [1.54, 1.807) is 17.0 Å². The number of nitrogens with one attached hydrogen (secondary N) is 1. The van der Waals surface area contributed by atoms with E-state index in [2.05, 4.69) is 5.32 Å². The second-order valence-corrected chi connectivity index (χ2v) is 5.12. The molecular formula is C14H16ClFN2O2. The summed E-state index contributed by atoms with van der Waals surface area (Å²) in [5, 5.41) is 2.82. The molecule has 2 amide bonds. The fraction of sp³-hybridized carbons (Fsp3) is 0.429. The first kappa shape index (κ1) is 14.8. The number of carbonyl (C=O) groups is 2. The molecule has 1 aromatic carbocycles. The van der Waals surface area contributed by atoms with Gasteiger partial charge in [-0.05, 0) is 30.7 Å². The quantitative estimate of drug-likeness (QED) is 0.846. The predicted molar refractivity (Wildman–Crippen MR) is 75.3 cm³/mol. The third kappa shape index (κ3) is 3.70. The van der Waals surface area contributed by atoms with Crippen LogP contribution in [0.2, 0.25) is 0 Å². The Bertz CT molecular complexity index is 492. The zero-order valence-corrected chi connectivity index (χ0v) is 11.7. The summed E-state index contributed by atoms with van der Waals surface area (Å²) >= 11 is 5.53. The highest BCUT2D eigenvalue weighted by Crippen LogP contribution is 2.21. The number of hydrogen-bond donors (Lipinski definition) is 1. The number of alkyl halides is 1. The van der Waals surface area contributed by atoms with Gasteiger partial charge in [-0.25, -0.2) is 4.39 Å². The van der Waals surface area contributed by atoms with E-state index in [0.29, 0.717) is 31.0 Å². The maximum Gasteiger partial charge on any atom is 0.229 e. The molecule has 6 heteroatoms. The third-order valence-electron chi connectivity index (χ3n) is 3.17. The highest BCUT2D eigenvalue weighted by Gasteiger charge is 2.31. The molecule has 20 heavy (non-hydrogen) atoms. The van der Waals surface area contributed by atoms with Gasteiger partial charge in [-0.3, -0.25) is 9.59 Å². The van der Waals surface area contributed by atoms with E-state index >= 15 is 0 Å². The predicted octanol–water partition coefficient (Wildman–Crippen LogP) is 2.07. The van der Waals surface area contributed by atoms with Crippen LogP contribution in [0.1, 0.15) is 19.3 Å². The molecule has 1 saturated heterocycles. The molecule has 0 radical (unpaired) electrons. The van der Waals surface area contributed by atoms with Gasteiger partial charge in [0.1, 0.15) is 5.82 Å². The SMILES string of the molecule is O=C(CCCCl)N[C@@H]1CC(=O)N(c2ccc(F)cc2)C1. The maximum atomic E-state index is 12.9. The summed E-state index contributed by atoms with van der Waals surface area (Å²) in [5.41, 5.74) is 0.647. The molecule has 1 fully saturated rings. The molecule has 1 heterocycles. The first-order chi connectivity index (χ1) is 9.60. The van der Waals surface area contributed by atoms with Crippen LogP contribution in [0.5, 0.6) is 0 Å². The fourth-order valence-electron chi connectivity index (χ4n) is 2.20. The van der Waals surface area contributed by atoms with Crippen LogP contribution in [0.3, 0.4) is 0 Å². The zero-order chi connectivity index (χ0) is 14.5. The lowest BCUT2D eigenvalue weighted by Crippen LogP contribution is -2.37. The Labute approximate surface area is 121 Å². The Morgan fingerprint density at radius 3 is 2.75 bits per heavy atom. The average Bonchev–Trinajstić information content (AvgIpc) is 2.78. The van der Waals surface area contributed by atoms with E-state index in [0.717, 1.165) is 0 Å². The number of carbonyl (C=O) groups excluding carboxylic acids is 2. The molecule has 1 aromatic rings. The second kappa shape index (κ2) is 6.70. The molecule has 1 aliphatic rings. The minimum Gasteiger partial charge on any atom is -0.351 e. The smallest absolute Gasteiger partial charge is 0.229 e. The van der Waals surface area contributed by atoms with Crippen LogP contribution in [-0.2, 0) is 9.59 Å². The van der Waals surface area contributed by atoms with Crippen LogP contribution in [0.4, 0.5) is 10.1 Å². The number of amides is 2. The second-order valence-electron chi connectivity index (χ2n) is 4.74. The summed E-state index contributed by atoms with van der Waals surface area (Å²) in [5.74, 6) is -0.0615. The lowest BCUT2D eigenvalue weighted by Gasteiger charge is -2.17. The van der Waals surface area contributed by atoms with Crippen molar-refractivity contribution in [3.8, 4) is 0 Å². The lowest BCUT2D eigenvalue weighted by atomic mass is 10.2. The standard InChI is InChI=1S/C14H16ClFN2O2/c15-7-1-2-13(19)17-11-8-14(20)18(9-11)12-5-3-10(16)4-6-12/h3-6,11H,1-2,7-9H2,(H,17,19)/t11-/m1/s1. The molecule has 1 N–H and O–H groups in total. The first-order valence-corrected chi connectivity index (χ1v) is 7.05. The van der Waals surface area contributed by atoms with Gasteiger partial charge in [0.15, 0.2) is 0 Å². The van der Waals surface area contributed by atoms with Crippen LogP contribution in [0, 0.1) is 5.82 Å². The van der Waals surface area contributed by atoms with Crippen molar-refractivity contribution in [3.63, 3.8) is 0 Å². The van der Waals surface area contributed by atoms with E-state index in [9.17, 15) is 14.0 Å². The van der Waals surface area contributed by atoms with Crippen molar-refractivity contribution < 1.29 is 14.0 Å². The van der Waals surface area contributed by atoms with E-state index in [1.165, 1.54) is 12.1 Å². The molecule has 0 spiro atoms. The van der Waals surface area contributed by atoms with Gasteiger partial charge >= 0.3 is 0 Å². The summed E-state index contributed by atoms with van der Waals surface area (Å²) in [6.07, 6.45) is 1.25. The molecule has 4 nitrogen and oxygen atoms in total. The van der Waals surface area contributed by atoms with Crippen molar-refractivity contribution in [2.45, 2.75) is 25.3 Å². The third-order valence-corrected chi connectivity index (χ3v) is 3.43. The van der Waals surface area contributed by atoms with Gasteiger partial charge in [0.05, 0.1) is 6.04 Å². The molecule has 1 aliphatic heterocycles. The van der Waals surface area contributed by atoms with Gasteiger partial charge in [0.2, 0.25) is 11.8 Å². The first-order valence-electron chi connectivity index (χ1n) is 6.51. The number of benzene rings is 1. The molecule has 0 bridgehead atoms. The molecule has 2 rings (SSSR count). The summed E-state index contributed by atoms with van der Waals surface area (Å²) < 4.78 is 12.9. The van der Waals surface area contributed by atoms with Crippen LogP contribution in [0.15, 0.2) is 24.3 Å². The van der Waals surface area contributed by atoms with Gasteiger partial charge in [-0.15, -0.1) is 11.6 Å². The van der Waals surface area contributed by atoms with Gasteiger partial charge in [0.25, 0.3) is 0 Å². The van der Waals surface area contributed by atoms with Crippen LogP contribution >= 0.6 is 11.6 Å². The average molecular weight is 299 g/mol. The zero-order valence-electron chi connectivity index (χ0n) is 10.9. The van der Waals surface area contributed by atoms with Crippen molar-refractivity contribution in [2.24, 2.45) is 0 Å². The Morgan fingerprint density at radius 1 is 1.40 bits per heavy atom. The van der Waals surface area contributed by atoms with E-state index in [4.69, 9.17) is 11.6 Å². The highest BCUT2D eigenvalue weighted by molar-refractivity contribution is 6.17. The highest BCUT2D eigenvalue weighted by atomic mass is 35.5. The molecule has 0 aromatic heterocycles. The topological polar surface area (TPSA) is 49.4 Å². The Hall–Kier alpha value is -1.62.